The summed E-state index contributed by atoms with van der Waals surface area (Å²) in [6, 6.07) is 0. The number of hydrogen-bond donors (Lipinski definition) is 1. The van der Waals surface area contributed by atoms with Crippen molar-refractivity contribution in [3.05, 3.63) is 11.1 Å². The summed E-state index contributed by atoms with van der Waals surface area (Å²) in [6.45, 7) is 8.35. The van der Waals surface area contributed by atoms with Gasteiger partial charge in [0.05, 0.1) is 12.2 Å². The number of rotatable bonds is 4. The Hall–Kier alpha value is -1.74. The van der Waals surface area contributed by atoms with Gasteiger partial charge in [-0.15, -0.1) is 5.10 Å². The Kier molecular flexibility index (Phi) is 5.89. The predicted molar refractivity (Wildman–Crippen MR) is 86.0 cm³/mol. The molecule has 0 bridgehead atoms. The lowest BCUT2D eigenvalue weighted by Crippen LogP contribution is -2.53. The van der Waals surface area contributed by atoms with Gasteiger partial charge in [-0.2, -0.15) is 0 Å². The van der Waals surface area contributed by atoms with Crippen molar-refractivity contribution in [3.8, 4) is 0 Å². The number of ether oxygens (including phenoxy) is 1. The first-order valence-corrected chi connectivity index (χ1v) is 8.41. The Balaban J connectivity index is 1.69. The topological polar surface area (TPSA) is 87.7 Å². The fraction of sp³-hybridized carbons (Fsp3) is 0.714. The molecule has 23 heavy (non-hydrogen) atoms. The fourth-order valence-electron chi connectivity index (χ4n) is 2.14. The zero-order valence-corrected chi connectivity index (χ0v) is 14.6. The highest BCUT2D eigenvalue weighted by molar-refractivity contribution is 7.03. The van der Waals surface area contributed by atoms with E-state index in [9.17, 15) is 9.59 Å². The number of carbonyl (C=O) groups is 2. The standard InChI is InChI=1S/C14H23N5O3S/c1-14(2,3)22-13(21)19-6-4-18(5-7-19)12(20)9-15-8-11-10-23-17-16-11/h10,15H,4-9H2,1-3H3. The molecule has 0 saturated carbocycles. The number of piperazine rings is 1. The first-order chi connectivity index (χ1) is 10.8. The Bertz CT molecular complexity index is 521. The SMILES string of the molecule is CC(C)(C)OC(=O)N1CCN(C(=O)CNCc2csnn2)CC1. The fourth-order valence-corrected chi connectivity index (χ4v) is 2.59. The lowest BCUT2D eigenvalue weighted by atomic mass is 10.2. The van der Waals surface area contributed by atoms with Gasteiger partial charge in [0.2, 0.25) is 5.91 Å². The summed E-state index contributed by atoms with van der Waals surface area (Å²) in [5.74, 6) is 0.0250. The van der Waals surface area contributed by atoms with Gasteiger partial charge in [0.15, 0.2) is 0 Å². The van der Waals surface area contributed by atoms with Crippen molar-refractivity contribution in [3.63, 3.8) is 0 Å². The summed E-state index contributed by atoms with van der Waals surface area (Å²) in [7, 11) is 0. The number of nitrogens with zero attached hydrogens (tertiary/aromatic N) is 4. The van der Waals surface area contributed by atoms with Crippen LogP contribution in [0.3, 0.4) is 0 Å². The van der Waals surface area contributed by atoms with E-state index in [1.54, 1.807) is 9.80 Å². The molecule has 0 atom stereocenters. The first-order valence-electron chi connectivity index (χ1n) is 7.57. The number of aromatic nitrogens is 2. The van der Waals surface area contributed by atoms with E-state index in [1.165, 1.54) is 11.5 Å². The third-order valence-electron chi connectivity index (χ3n) is 3.27. The molecule has 1 aromatic heterocycles. The van der Waals surface area contributed by atoms with E-state index in [0.717, 1.165) is 5.69 Å². The number of nitrogens with one attached hydrogen (secondary N) is 1. The quantitative estimate of drug-likeness (QED) is 0.868. The zero-order valence-electron chi connectivity index (χ0n) is 13.7. The second-order valence-electron chi connectivity index (χ2n) is 6.35. The Labute approximate surface area is 140 Å². The van der Waals surface area contributed by atoms with Crippen molar-refractivity contribution in [2.45, 2.75) is 32.9 Å². The van der Waals surface area contributed by atoms with Crippen LogP contribution in [0.2, 0.25) is 0 Å². The van der Waals surface area contributed by atoms with Crippen LogP contribution in [0.4, 0.5) is 4.79 Å². The third kappa shape index (κ3) is 5.76. The minimum atomic E-state index is -0.501. The maximum atomic E-state index is 12.1. The van der Waals surface area contributed by atoms with Crippen molar-refractivity contribution in [1.82, 2.24) is 24.7 Å². The summed E-state index contributed by atoms with van der Waals surface area (Å²) >= 11 is 1.29. The number of carbonyl (C=O) groups excluding carboxylic acids is 2. The molecule has 0 unspecified atom stereocenters. The van der Waals surface area contributed by atoms with Crippen LogP contribution in [0.25, 0.3) is 0 Å². The van der Waals surface area contributed by atoms with Gasteiger partial charge in [0.1, 0.15) is 5.60 Å². The van der Waals surface area contributed by atoms with Crippen molar-refractivity contribution in [2.75, 3.05) is 32.7 Å². The maximum Gasteiger partial charge on any atom is 0.410 e. The van der Waals surface area contributed by atoms with Gasteiger partial charge >= 0.3 is 6.09 Å². The molecule has 2 heterocycles. The van der Waals surface area contributed by atoms with Crippen LogP contribution in [0.1, 0.15) is 26.5 Å². The lowest BCUT2D eigenvalue weighted by molar-refractivity contribution is -0.132. The van der Waals surface area contributed by atoms with Crippen LogP contribution < -0.4 is 5.32 Å². The van der Waals surface area contributed by atoms with Gasteiger partial charge in [0, 0.05) is 38.1 Å². The van der Waals surface area contributed by atoms with Gasteiger partial charge in [-0.3, -0.25) is 4.79 Å². The summed E-state index contributed by atoms with van der Waals surface area (Å²) < 4.78 is 9.11. The third-order valence-corrected chi connectivity index (χ3v) is 3.82. The molecule has 0 radical (unpaired) electrons. The van der Waals surface area contributed by atoms with Crippen LogP contribution in [-0.4, -0.2) is 69.7 Å². The molecule has 8 nitrogen and oxygen atoms in total. The number of amides is 2. The maximum absolute atomic E-state index is 12.1. The van der Waals surface area contributed by atoms with Gasteiger partial charge in [-0.1, -0.05) is 4.49 Å². The molecule has 9 heteroatoms. The summed E-state index contributed by atoms with van der Waals surface area (Å²) in [6.07, 6.45) is -0.321. The van der Waals surface area contributed by atoms with Crippen LogP contribution in [0.5, 0.6) is 0 Å². The molecule has 1 saturated heterocycles. The molecular formula is C14H23N5O3S. The largest absolute Gasteiger partial charge is 0.444 e. The first kappa shape index (κ1) is 17.6. The molecular weight excluding hydrogens is 318 g/mol. The summed E-state index contributed by atoms with van der Waals surface area (Å²) in [5.41, 5.74) is 0.330. The van der Waals surface area contributed by atoms with Crippen molar-refractivity contribution in [1.29, 1.82) is 0 Å². The monoisotopic (exact) mass is 341 g/mol. The summed E-state index contributed by atoms with van der Waals surface area (Å²) in [5, 5.41) is 8.81. The van der Waals surface area contributed by atoms with E-state index in [4.69, 9.17) is 4.74 Å². The zero-order chi connectivity index (χ0) is 16.9. The Morgan fingerprint density at radius 3 is 2.48 bits per heavy atom. The average Bonchev–Trinajstić information content (AvgIpc) is 2.99. The van der Waals surface area contributed by atoms with Crippen molar-refractivity contribution in [2.24, 2.45) is 0 Å². The van der Waals surface area contributed by atoms with Crippen molar-refractivity contribution >= 4 is 23.5 Å². The minimum absolute atomic E-state index is 0.0250. The highest BCUT2D eigenvalue weighted by atomic mass is 32.1. The van der Waals surface area contributed by atoms with E-state index in [-0.39, 0.29) is 18.5 Å². The van der Waals surface area contributed by atoms with Crippen LogP contribution in [-0.2, 0) is 16.1 Å². The van der Waals surface area contributed by atoms with Crippen LogP contribution in [0.15, 0.2) is 5.38 Å². The molecule has 2 rings (SSSR count). The van der Waals surface area contributed by atoms with Crippen LogP contribution >= 0.6 is 11.5 Å². The average molecular weight is 341 g/mol. The van der Waals surface area contributed by atoms with E-state index in [2.05, 4.69) is 14.9 Å². The molecule has 0 aliphatic carbocycles. The van der Waals surface area contributed by atoms with E-state index in [1.807, 2.05) is 26.2 Å². The predicted octanol–water partition coefficient (Wildman–Crippen LogP) is 0.707. The molecule has 1 aliphatic rings. The van der Waals surface area contributed by atoms with E-state index < -0.39 is 5.60 Å². The van der Waals surface area contributed by atoms with E-state index >= 15 is 0 Å². The van der Waals surface area contributed by atoms with Gasteiger partial charge < -0.3 is 19.9 Å². The highest BCUT2D eigenvalue weighted by Gasteiger charge is 2.27. The molecule has 1 aromatic rings. The van der Waals surface area contributed by atoms with Gasteiger partial charge in [-0.25, -0.2) is 4.79 Å². The van der Waals surface area contributed by atoms with Gasteiger partial charge in [-0.05, 0) is 32.3 Å². The van der Waals surface area contributed by atoms with Crippen molar-refractivity contribution < 1.29 is 14.3 Å². The highest BCUT2D eigenvalue weighted by Crippen LogP contribution is 2.11. The minimum Gasteiger partial charge on any atom is -0.444 e. The molecule has 2 amide bonds. The molecule has 1 N–H and O–H groups in total. The molecule has 1 aliphatic heterocycles. The molecule has 0 aromatic carbocycles. The summed E-state index contributed by atoms with van der Waals surface area (Å²) in [4.78, 5) is 27.5. The normalized spacial score (nSPS) is 15.6. The van der Waals surface area contributed by atoms with E-state index in [0.29, 0.717) is 32.7 Å². The Morgan fingerprint density at radius 2 is 1.91 bits per heavy atom. The smallest absolute Gasteiger partial charge is 0.410 e. The second-order valence-corrected chi connectivity index (χ2v) is 6.96. The Morgan fingerprint density at radius 1 is 1.26 bits per heavy atom. The molecule has 1 fully saturated rings. The number of hydrogen-bond acceptors (Lipinski definition) is 7. The molecule has 0 spiro atoms. The van der Waals surface area contributed by atoms with Gasteiger partial charge in [0.25, 0.3) is 0 Å². The molecule has 128 valence electrons. The lowest BCUT2D eigenvalue weighted by Gasteiger charge is -2.35. The van der Waals surface area contributed by atoms with Crippen LogP contribution in [0, 0.1) is 0 Å². The second kappa shape index (κ2) is 7.69.